The van der Waals surface area contributed by atoms with Crippen LogP contribution in [0.1, 0.15) is 25.3 Å². The fraction of sp³-hybridized carbons (Fsp3) is 0.692. The van der Waals surface area contributed by atoms with Gasteiger partial charge in [-0.05, 0) is 13.8 Å². The number of esters is 1. The van der Waals surface area contributed by atoms with Crippen molar-refractivity contribution >= 4 is 17.3 Å². The van der Waals surface area contributed by atoms with Gasteiger partial charge in [0.05, 0.1) is 31.8 Å². The number of aromatic nitrogens is 1. The van der Waals surface area contributed by atoms with Crippen molar-refractivity contribution in [2.45, 2.75) is 25.8 Å². The predicted octanol–water partition coefficient (Wildman–Crippen LogP) is 1.64. The molecule has 1 unspecified atom stereocenters. The molecule has 1 fully saturated rings. The summed E-state index contributed by atoms with van der Waals surface area (Å²) >= 11 is 1.58. The van der Waals surface area contributed by atoms with Gasteiger partial charge in [-0.25, -0.2) is 4.98 Å². The summed E-state index contributed by atoms with van der Waals surface area (Å²) in [6, 6.07) is 0. The van der Waals surface area contributed by atoms with Crippen LogP contribution in [-0.4, -0.2) is 48.8 Å². The maximum Gasteiger partial charge on any atom is 0.308 e. The quantitative estimate of drug-likeness (QED) is 0.769. The molecule has 106 valence electrons. The summed E-state index contributed by atoms with van der Waals surface area (Å²) in [5.41, 5.74) is -0.399. The minimum Gasteiger partial charge on any atom is -0.466 e. The number of carbonyl (C=O) groups excluding carboxylic acids is 1. The van der Waals surface area contributed by atoms with Gasteiger partial charge in [-0.2, -0.15) is 0 Å². The van der Waals surface area contributed by atoms with Gasteiger partial charge in [-0.3, -0.25) is 9.69 Å². The highest BCUT2D eigenvalue weighted by atomic mass is 32.1. The number of hydrogen-bond donors (Lipinski definition) is 0. The first-order chi connectivity index (χ1) is 9.16. The van der Waals surface area contributed by atoms with Gasteiger partial charge < -0.3 is 9.47 Å². The zero-order valence-electron chi connectivity index (χ0n) is 11.4. The second kappa shape index (κ2) is 6.45. The Balaban J connectivity index is 2.19. The normalized spacial score (nSPS) is 19.9. The highest BCUT2D eigenvalue weighted by Crippen LogP contribution is 2.34. The van der Waals surface area contributed by atoms with Gasteiger partial charge in [0.25, 0.3) is 0 Å². The van der Waals surface area contributed by atoms with E-state index in [2.05, 4.69) is 16.8 Å². The third kappa shape index (κ3) is 3.32. The van der Waals surface area contributed by atoms with Crippen LogP contribution in [0.3, 0.4) is 0 Å². The van der Waals surface area contributed by atoms with E-state index in [1.807, 2.05) is 12.3 Å². The average molecular weight is 284 g/mol. The van der Waals surface area contributed by atoms with E-state index in [1.165, 1.54) is 0 Å². The van der Waals surface area contributed by atoms with E-state index in [0.717, 1.165) is 18.1 Å². The van der Waals surface area contributed by atoms with E-state index >= 15 is 0 Å². The number of morpholine rings is 1. The Labute approximate surface area is 117 Å². The van der Waals surface area contributed by atoms with E-state index < -0.39 is 5.54 Å². The van der Waals surface area contributed by atoms with Crippen LogP contribution in [0.15, 0.2) is 11.6 Å². The summed E-state index contributed by atoms with van der Waals surface area (Å²) in [4.78, 5) is 18.6. The summed E-state index contributed by atoms with van der Waals surface area (Å²) < 4.78 is 10.5. The molecule has 1 aliphatic rings. The Kier molecular flexibility index (Phi) is 4.90. The lowest BCUT2D eigenvalue weighted by Gasteiger charge is -2.41. The van der Waals surface area contributed by atoms with Crippen LogP contribution in [0.25, 0.3) is 0 Å². The zero-order chi connectivity index (χ0) is 13.7. The van der Waals surface area contributed by atoms with Crippen molar-refractivity contribution in [3.8, 4) is 0 Å². The molecule has 0 aliphatic carbocycles. The van der Waals surface area contributed by atoms with Crippen LogP contribution in [0.2, 0.25) is 0 Å². The molecule has 0 amide bonds. The van der Waals surface area contributed by atoms with Gasteiger partial charge in [-0.1, -0.05) is 0 Å². The third-order valence-corrected chi connectivity index (χ3v) is 4.42. The van der Waals surface area contributed by atoms with Gasteiger partial charge in [0.1, 0.15) is 5.01 Å². The number of rotatable bonds is 5. The fourth-order valence-corrected chi connectivity index (χ4v) is 3.19. The van der Waals surface area contributed by atoms with Crippen molar-refractivity contribution in [1.82, 2.24) is 9.88 Å². The topological polar surface area (TPSA) is 51.7 Å². The van der Waals surface area contributed by atoms with Gasteiger partial charge in [0, 0.05) is 24.7 Å². The molecule has 0 spiro atoms. The first-order valence-corrected chi connectivity index (χ1v) is 7.43. The predicted molar refractivity (Wildman–Crippen MR) is 73.1 cm³/mol. The Hall–Kier alpha value is -0.980. The number of carbonyl (C=O) groups is 1. The first kappa shape index (κ1) is 14.4. The summed E-state index contributed by atoms with van der Waals surface area (Å²) in [7, 11) is 0. The van der Waals surface area contributed by atoms with E-state index in [-0.39, 0.29) is 5.97 Å². The summed E-state index contributed by atoms with van der Waals surface area (Å²) in [5, 5.41) is 2.90. The van der Waals surface area contributed by atoms with Crippen LogP contribution < -0.4 is 0 Å². The molecular weight excluding hydrogens is 264 g/mol. The molecule has 5 nitrogen and oxygen atoms in total. The first-order valence-electron chi connectivity index (χ1n) is 6.55. The van der Waals surface area contributed by atoms with E-state index in [0.29, 0.717) is 26.2 Å². The molecule has 1 atom stereocenters. The maximum atomic E-state index is 11.9. The molecule has 0 aromatic carbocycles. The van der Waals surface area contributed by atoms with Crippen molar-refractivity contribution in [3.63, 3.8) is 0 Å². The Morgan fingerprint density at radius 1 is 1.58 bits per heavy atom. The lowest BCUT2D eigenvalue weighted by molar-refractivity contribution is -0.147. The van der Waals surface area contributed by atoms with Crippen LogP contribution in [0, 0.1) is 0 Å². The summed E-state index contributed by atoms with van der Waals surface area (Å²) in [5.74, 6) is -0.174. The molecule has 1 aromatic rings. The van der Waals surface area contributed by atoms with Crippen LogP contribution in [-0.2, 0) is 19.8 Å². The Bertz CT molecular complexity index is 404. The Morgan fingerprint density at radius 3 is 2.89 bits per heavy atom. The van der Waals surface area contributed by atoms with Crippen molar-refractivity contribution in [2.24, 2.45) is 0 Å². The molecule has 1 saturated heterocycles. The average Bonchev–Trinajstić information content (AvgIpc) is 2.94. The minimum absolute atomic E-state index is 0.174. The molecule has 0 N–H and O–H groups in total. The van der Waals surface area contributed by atoms with Gasteiger partial charge in [0.2, 0.25) is 0 Å². The lowest BCUT2D eigenvalue weighted by atomic mass is 9.95. The molecule has 6 heteroatoms. The standard InChI is InChI=1S/C13H20N2O3S/c1-3-18-11(16)10-13(2,12-14-4-9-19-12)15-5-7-17-8-6-15/h4,9H,3,5-8,10H2,1-2H3. The van der Waals surface area contributed by atoms with Gasteiger partial charge >= 0.3 is 5.97 Å². The summed E-state index contributed by atoms with van der Waals surface area (Å²) in [6.45, 7) is 7.33. The van der Waals surface area contributed by atoms with Gasteiger partial charge in [0.15, 0.2) is 0 Å². The van der Waals surface area contributed by atoms with Crippen LogP contribution >= 0.6 is 11.3 Å². The molecule has 1 aliphatic heterocycles. The third-order valence-electron chi connectivity index (χ3n) is 3.40. The highest BCUT2D eigenvalue weighted by molar-refractivity contribution is 7.09. The number of hydrogen-bond acceptors (Lipinski definition) is 6. The maximum absolute atomic E-state index is 11.9. The van der Waals surface area contributed by atoms with E-state index in [9.17, 15) is 4.79 Å². The molecule has 19 heavy (non-hydrogen) atoms. The van der Waals surface area contributed by atoms with Crippen molar-refractivity contribution in [3.05, 3.63) is 16.6 Å². The smallest absolute Gasteiger partial charge is 0.308 e. The molecular formula is C13H20N2O3S. The minimum atomic E-state index is -0.399. The summed E-state index contributed by atoms with van der Waals surface area (Å²) in [6.07, 6.45) is 2.11. The second-order valence-electron chi connectivity index (χ2n) is 4.69. The molecule has 2 heterocycles. The van der Waals surface area contributed by atoms with Crippen molar-refractivity contribution < 1.29 is 14.3 Å². The van der Waals surface area contributed by atoms with Crippen molar-refractivity contribution in [2.75, 3.05) is 32.9 Å². The molecule has 0 saturated carbocycles. The van der Waals surface area contributed by atoms with Gasteiger partial charge in [-0.15, -0.1) is 11.3 Å². The number of thiazole rings is 1. The SMILES string of the molecule is CCOC(=O)CC(C)(c1nccs1)N1CCOCC1. The molecule has 2 rings (SSSR count). The van der Waals surface area contributed by atoms with E-state index in [4.69, 9.17) is 9.47 Å². The van der Waals surface area contributed by atoms with Crippen LogP contribution in [0.4, 0.5) is 0 Å². The highest BCUT2D eigenvalue weighted by Gasteiger charge is 2.39. The largest absolute Gasteiger partial charge is 0.466 e. The molecule has 0 radical (unpaired) electrons. The Morgan fingerprint density at radius 2 is 2.32 bits per heavy atom. The van der Waals surface area contributed by atoms with E-state index in [1.54, 1.807) is 17.5 Å². The lowest BCUT2D eigenvalue weighted by Crippen LogP contribution is -2.50. The van der Waals surface area contributed by atoms with Crippen molar-refractivity contribution in [1.29, 1.82) is 0 Å². The molecule has 1 aromatic heterocycles. The van der Waals surface area contributed by atoms with Crippen LogP contribution in [0.5, 0.6) is 0 Å². The fourth-order valence-electron chi connectivity index (χ4n) is 2.36. The number of ether oxygens (including phenoxy) is 2. The zero-order valence-corrected chi connectivity index (χ0v) is 12.2. The monoisotopic (exact) mass is 284 g/mol. The second-order valence-corrected chi connectivity index (χ2v) is 5.59. The number of nitrogens with zero attached hydrogens (tertiary/aromatic N) is 2. The molecule has 0 bridgehead atoms.